The molecule has 1 heterocycles. The van der Waals surface area contributed by atoms with Crippen LogP contribution >= 0.6 is 45.8 Å². The molecule has 0 spiro atoms. The Morgan fingerprint density at radius 1 is 1.56 bits per heavy atom. The van der Waals surface area contributed by atoms with E-state index in [0.29, 0.717) is 16.9 Å². The van der Waals surface area contributed by atoms with Crippen LogP contribution in [0.3, 0.4) is 0 Å². The summed E-state index contributed by atoms with van der Waals surface area (Å²) in [4.78, 5) is 0. The quantitative estimate of drug-likeness (QED) is 0.618. The zero-order valence-electron chi connectivity index (χ0n) is 4.33. The Hall–Kier alpha value is 0.590. The lowest BCUT2D eigenvalue weighted by Gasteiger charge is -2.09. The lowest BCUT2D eigenvalue weighted by Crippen LogP contribution is -1.96. The molecule has 0 radical (unpaired) electrons. The van der Waals surface area contributed by atoms with Gasteiger partial charge in [0.15, 0.2) is 5.22 Å². The van der Waals surface area contributed by atoms with E-state index in [9.17, 15) is 0 Å². The van der Waals surface area contributed by atoms with Gasteiger partial charge in [-0.15, -0.1) is 0 Å². The van der Waals surface area contributed by atoms with Crippen molar-refractivity contribution in [3.63, 3.8) is 0 Å². The van der Waals surface area contributed by atoms with Gasteiger partial charge in [0.2, 0.25) is 0 Å². The van der Waals surface area contributed by atoms with Crippen molar-refractivity contribution in [1.29, 1.82) is 0 Å². The zero-order valence-corrected chi connectivity index (χ0v) is 8.00. The van der Waals surface area contributed by atoms with Gasteiger partial charge in [-0.1, -0.05) is 11.6 Å². The molecule has 50 valence electrons. The fraction of sp³-hybridized carbons (Fsp3) is 0.200. The molecule has 0 aromatic heterocycles. The highest BCUT2D eigenvalue weighted by Crippen LogP contribution is 2.26. The maximum atomic E-state index is 5.69. The van der Waals surface area contributed by atoms with Crippen molar-refractivity contribution in [2.45, 2.75) is 0 Å². The summed E-state index contributed by atoms with van der Waals surface area (Å²) >= 11 is 13.3. The number of ether oxygens (including phenoxy) is 1. The fourth-order valence-corrected chi connectivity index (χ4v) is 1.11. The molecule has 4 heteroatoms. The summed E-state index contributed by atoms with van der Waals surface area (Å²) in [5, 5.41) is 1.03. The summed E-state index contributed by atoms with van der Waals surface area (Å²) in [7, 11) is 0. The van der Waals surface area contributed by atoms with Gasteiger partial charge in [-0.05, 0) is 34.2 Å². The molecule has 0 N–H and O–H groups in total. The van der Waals surface area contributed by atoms with E-state index in [-0.39, 0.29) is 0 Å². The second-order valence-corrected chi connectivity index (χ2v) is 3.57. The van der Waals surface area contributed by atoms with Crippen molar-refractivity contribution in [1.82, 2.24) is 0 Å². The largest absolute Gasteiger partial charge is 0.477 e. The molecule has 0 saturated carbocycles. The van der Waals surface area contributed by atoms with Crippen LogP contribution in [-0.2, 0) is 4.74 Å². The van der Waals surface area contributed by atoms with Crippen LogP contribution in [0.2, 0.25) is 0 Å². The van der Waals surface area contributed by atoms with Crippen molar-refractivity contribution in [3.05, 3.63) is 19.9 Å². The number of hydrogen-bond acceptors (Lipinski definition) is 1. The van der Waals surface area contributed by atoms with Gasteiger partial charge in [-0.2, -0.15) is 0 Å². The van der Waals surface area contributed by atoms with Crippen molar-refractivity contribution in [3.8, 4) is 0 Å². The molecule has 0 amide bonds. The minimum absolute atomic E-state index is 0.361. The van der Waals surface area contributed by atoms with E-state index in [0.717, 1.165) is 3.58 Å². The first-order chi connectivity index (χ1) is 4.20. The van der Waals surface area contributed by atoms with Crippen LogP contribution in [0.5, 0.6) is 0 Å². The molecule has 0 aliphatic carbocycles. The van der Waals surface area contributed by atoms with Gasteiger partial charge in [-0.3, -0.25) is 0 Å². The van der Waals surface area contributed by atoms with E-state index < -0.39 is 0 Å². The highest BCUT2D eigenvalue weighted by atomic mass is 127. The van der Waals surface area contributed by atoms with E-state index in [4.69, 9.17) is 27.9 Å². The molecule has 1 nitrogen and oxygen atoms in total. The molecule has 0 aromatic carbocycles. The Morgan fingerprint density at radius 3 is 2.67 bits per heavy atom. The lowest BCUT2D eigenvalue weighted by molar-refractivity contribution is 0.269. The third-order valence-corrected chi connectivity index (χ3v) is 2.60. The summed E-state index contributed by atoms with van der Waals surface area (Å²) in [6.07, 6.45) is 1.59. The first-order valence-electron chi connectivity index (χ1n) is 2.24. The van der Waals surface area contributed by atoms with Crippen LogP contribution in [0, 0.1) is 0 Å². The highest BCUT2D eigenvalue weighted by molar-refractivity contribution is 14.1. The fourth-order valence-electron chi connectivity index (χ4n) is 0.421. The van der Waals surface area contributed by atoms with Gasteiger partial charge in [0.1, 0.15) is 6.61 Å². The second-order valence-electron chi connectivity index (χ2n) is 1.49. The summed E-state index contributed by atoms with van der Waals surface area (Å²) in [5.74, 6) is 0. The molecule has 1 aliphatic rings. The number of halogens is 3. The summed E-state index contributed by atoms with van der Waals surface area (Å²) in [6.45, 7) is 0.495. The third kappa shape index (κ3) is 2.02. The summed E-state index contributed by atoms with van der Waals surface area (Å²) in [6, 6.07) is 0. The van der Waals surface area contributed by atoms with Gasteiger partial charge in [-0.25, -0.2) is 0 Å². The van der Waals surface area contributed by atoms with Gasteiger partial charge >= 0.3 is 0 Å². The summed E-state index contributed by atoms with van der Waals surface area (Å²) in [5.41, 5.74) is 0. The lowest BCUT2D eigenvalue weighted by atomic mass is 10.4. The van der Waals surface area contributed by atoms with Gasteiger partial charge < -0.3 is 4.74 Å². The first kappa shape index (κ1) is 7.69. The minimum Gasteiger partial charge on any atom is -0.477 e. The molecule has 0 saturated heterocycles. The van der Waals surface area contributed by atoms with Gasteiger partial charge in [0.05, 0.1) is 5.03 Å². The average Bonchev–Trinajstić information content (AvgIpc) is 1.80. The highest BCUT2D eigenvalue weighted by Gasteiger charge is 2.07. The van der Waals surface area contributed by atoms with E-state index in [1.807, 2.05) is 0 Å². The second kappa shape index (κ2) is 3.12. The Kier molecular flexibility index (Phi) is 2.67. The molecule has 1 rings (SSSR count). The Labute approximate surface area is 76.8 Å². The van der Waals surface area contributed by atoms with Crippen LogP contribution in [-0.4, -0.2) is 6.61 Å². The molecule has 0 atom stereocenters. The first-order valence-corrected chi connectivity index (χ1v) is 4.08. The summed E-state index contributed by atoms with van der Waals surface area (Å²) < 4.78 is 5.92. The maximum absolute atomic E-state index is 5.69. The number of hydrogen-bond donors (Lipinski definition) is 0. The van der Waals surface area contributed by atoms with Crippen molar-refractivity contribution in [2.75, 3.05) is 6.61 Å². The normalized spacial score (nSPS) is 19.2. The van der Waals surface area contributed by atoms with Crippen molar-refractivity contribution < 1.29 is 4.74 Å². The molecule has 0 aromatic rings. The SMILES string of the molecule is ClC1=CC(Cl)=C(I)CO1. The van der Waals surface area contributed by atoms with E-state index >= 15 is 0 Å². The molecular formula is C5H3Cl2IO. The molecule has 0 unspecified atom stereocenters. The van der Waals surface area contributed by atoms with Crippen LogP contribution < -0.4 is 0 Å². The van der Waals surface area contributed by atoms with Crippen LogP contribution in [0.15, 0.2) is 19.9 Å². The van der Waals surface area contributed by atoms with Crippen molar-refractivity contribution >= 4 is 45.8 Å². The smallest absolute Gasteiger partial charge is 0.188 e. The van der Waals surface area contributed by atoms with Gasteiger partial charge in [0, 0.05) is 9.66 Å². The molecule has 9 heavy (non-hydrogen) atoms. The van der Waals surface area contributed by atoms with E-state index in [2.05, 4.69) is 22.6 Å². The third-order valence-electron chi connectivity index (χ3n) is 0.836. The van der Waals surface area contributed by atoms with Gasteiger partial charge in [0.25, 0.3) is 0 Å². The predicted molar refractivity (Wildman–Crippen MR) is 46.8 cm³/mol. The average molecular weight is 277 g/mol. The maximum Gasteiger partial charge on any atom is 0.188 e. The van der Waals surface area contributed by atoms with Crippen LogP contribution in [0.1, 0.15) is 0 Å². The molecular weight excluding hydrogens is 274 g/mol. The standard InChI is InChI=1S/C5H3Cl2IO/c6-3-1-5(7)9-2-4(3)8/h1H,2H2. The number of rotatable bonds is 0. The van der Waals surface area contributed by atoms with E-state index in [1.165, 1.54) is 0 Å². The Morgan fingerprint density at radius 2 is 2.22 bits per heavy atom. The zero-order chi connectivity index (χ0) is 6.85. The molecule has 0 bridgehead atoms. The van der Waals surface area contributed by atoms with Crippen molar-refractivity contribution in [2.24, 2.45) is 0 Å². The number of allylic oxidation sites excluding steroid dienone is 2. The molecule has 1 aliphatic heterocycles. The monoisotopic (exact) mass is 276 g/mol. The van der Waals surface area contributed by atoms with Crippen LogP contribution in [0.25, 0.3) is 0 Å². The van der Waals surface area contributed by atoms with E-state index in [1.54, 1.807) is 6.08 Å². The predicted octanol–water partition coefficient (Wildman–Crippen LogP) is 2.98. The Bertz CT molecular complexity index is 185. The Balaban J connectivity index is 2.83. The minimum atomic E-state index is 0.361. The topological polar surface area (TPSA) is 9.23 Å². The van der Waals surface area contributed by atoms with Crippen LogP contribution in [0.4, 0.5) is 0 Å². The molecule has 0 fully saturated rings.